The van der Waals surface area contributed by atoms with Crippen molar-refractivity contribution in [1.29, 1.82) is 0 Å². The maximum absolute atomic E-state index is 4.22. The van der Waals surface area contributed by atoms with Crippen LogP contribution in [-0.2, 0) is 0 Å². The van der Waals surface area contributed by atoms with Crippen LogP contribution in [0.3, 0.4) is 0 Å². The molecule has 0 aliphatic carbocycles. The second-order valence-electron chi connectivity index (χ2n) is 1.58. The highest BCUT2D eigenvalue weighted by Gasteiger charge is 1.97. The monoisotopic (exact) mass is 239 g/mol. The van der Waals surface area contributed by atoms with E-state index in [1.54, 1.807) is 11.3 Å². The topological polar surface area (TPSA) is 12.9 Å². The van der Waals surface area contributed by atoms with Gasteiger partial charge in [-0.15, -0.1) is 11.3 Å². The molecule has 1 aromatic heterocycles. The van der Waals surface area contributed by atoms with Crippen LogP contribution < -0.4 is 0 Å². The van der Waals surface area contributed by atoms with E-state index >= 15 is 0 Å². The molecule has 0 unspecified atom stereocenters. The molecule has 0 saturated carbocycles. The lowest BCUT2D eigenvalue weighted by molar-refractivity contribution is 1.24. The van der Waals surface area contributed by atoms with Crippen LogP contribution in [-0.4, -0.2) is 4.98 Å². The Morgan fingerprint density at radius 1 is 1.50 bits per heavy atom. The number of nitrogens with zero attached hydrogens (tertiary/aromatic N) is 1. The minimum atomic E-state index is 1.14. The molecule has 3 heteroatoms. The third-order valence-electron chi connectivity index (χ3n) is 0.847. The zero-order chi connectivity index (χ0) is 6.15. The molecule has 0 aliphatic heterocycles. The van der Waals surface area contributed by atoms with Gasteiger partial charge in [-0.3, -0.25) is 0 Å². The van der Waals surface area contributed by atoms with E-state index < -0.39 is 0 Å². The zero-order valence-corrected chi connectivity index (χ0v) is 7.71. The summed E-state index contributed by atoms with van der Waals surface area (Å²) in [4.78, 5) is 5.54. The first-order valence-electron chi connectivity index (χ1n) is 2.29. The van der Waals surface area contributed by atoms with E-state index in [0.717, 1.165) is 8.71 Å². The van der Waals surface area contributed by atoms with Gasteiger partial charge in [0.25, 0.3) is 0 Å². The summed E-state index contributed by atoms with van der Waals surface area (Å²) in [6, 6.07) is 0. The molecule has 0 aromatic carbocycles. The van der Waals surface area contributed by atoms with E-state index in [4.69, 9.17) is 0 Å². The van der Waals surface area contributed by atoms with Gasteiger partial charge in [0.05, 0.1) is 5.01 Å². The molecule has 1 heterocycles. The van der Waals surface area contributed by atoms with Crippen molar-refractivity contribution < 1.29 is 0 Å². The predicted molar refractivity (Wildman–Crippen MR) is 44.3 cm³/mol. The highest BCUT2D eigenvalue weighted by molar-refractivity contribution is 14.1. The first-order valence-corrected chi connectivity index (χ1v) is 4.19. The van der Waals surface area contributed by atoms with Crippen LogP contribution in [0.2, 0.25) is 0 Å². The van der Waals surface area contributed by atoms with Crippen molar-refractivity contribution in [2.24, 2.45) is 0 Å². The first kappa shape index (κ1) is 6.48. The Kier molecular flexibility index (Phi) is 1.87. The molecule has 0 amide bonds. The molecule has 0 fully saturated rings. The van der Waals surface area contributed by atoms with Crippen LogP contribution in [0.1, 0.15) is 9.88 Å². The Labute approximate surface area is 66.3 Å². The maximum Gasteiger partial charge on any atom is 0.115 e. The second-order valence-corrected chi connectivity index (χ2v) is 4.01. The highest BCUT2D eigenvalue weighted by atomic mass is 127. The lowest BCUT2D eigenvalue weighted by Gasteiger charge is -1.75. The molecule has 1 aromatic rings. The standard InChI is InChI=1S/C5H6INS/c1-3-5(6)7-4(2)8-3/h1-2H3. The van der Waals surface area contributed by atoms with E-state index in [1.165, 1.54) is 4.88 Å². The SMILES string of the molecule is Cc1nc(I)c(C)s1. The molecule has 0 N–H and O–H groups in total. The quantitative estimate of drug-likeness (QED) is 0.633. The summed E-state index contributed by atoms with van der Waals surface area (Å²) in [6.45, 7) is 4.12. The van der Waals surface area contributed by atoms with Crippen molar-refractivity contribution in [2.45, 2.75) is 13.8 Å². The van der Waals surface area contributed by atoms with Crippen LogP contribution in [0.25, 0.3) is 0 Å². The predicted octanol–water partition coefficient (Wildman–Crippen LogP) is 2.36. The molecular formula is C5H6INS. The molecule has 44 valence electrons. The first-order chi connectivity index (χ1) is 3.70. The molecular weight excluding hydrogens is 233 g/mol. The van der Waals surface area contributed by atoms with Gasteiger partial charge in [-0.25, -0.2) is 4.98 Å². The van der Waals surface area contributed by atoms with E-state index in [9.17, 15) is 0 Å². The number of halogens is 1. The fraction of sp³-hybridized carbons (Fsp3) is 0.400. The van der Waals surface area contributed by atoms with Crippen LogP contribution in [0.5, 0.6) is 0 Å². The number of rotatable bonds is 0. The van der Waals surface area contributed by atoms with Crippen molar-refractivity contribution in [3.63, 3.8) is 0 Å². The Hall–Kier alpha value is 0.360. The third-order valence-corrected chi connectivity index (χ3v) is 3.15. The van der Waals surface area contributed by atoms with Crippen molar-refractivity contribution in [3.8, 4) is 0 Å². The Balaban J connectivity index is 3.14. The van der Waals surface area contributed by atoms with Gasteiger partial charge >= 0.3 is 0 Å². The van der Waals surface area contributed by atoms with Gasteiger partial charge in [0, 0.05) is 4.88 Å². The summed E-state index contributed by atoms with van der Waals surface area (Å²) in [6.07, 6.45) is 0. The number of thiazole rings is 1. The smallest absolute Gasteiger partial charge is 0.115 e. The van der Waals surface area contributed by atoms with Crippen LogP contribution in [0.15, 0.2) is 0 Å². The molecule has 1 nitrogen and oxygen atoms in total. The van der Waals surface area contributed by atoms with Gasteiger partial charge in [0.1, 0.15) is 3.70 Å². The van der Waals surface area contributed by atoms with E-state index in [2.05, 4.69) is 34.5 Å². The summed E-state index contributed by atoms with van der Waals surface area (Å²) >= 11 is 4.00. The van der Waals surface area contributed by atoms with Crippen molar-refractivity contribution in [2.75, 3.05) is 0 Å². The largest absolute Gasteiger partial charge is 0.235 e. The second kappa shape index (κ2) is 2.31. The Morgan fingerprint density at radius 2 is 2.12 bits per heavy atom. The minimum Gasteiger partial charge on any atom is -0.235 e. The van der Waals surface area contributed by atoms with Gasteiger partial charge in [-0.05, 0) is 36.4 Å². The van der Waals surface area contributed by atoms with E-state index in [1.807, 2.05) is 6.92 Å². The van der Waals surface area contributed by atoms with Gasteiger partial charge in [0.15, 0.2) is 0 Å². The molecule has 1 rings (SSSR count). The number of aromatic nitrogens is 1. The normalized spacial score (nSPS) is 9.88. The van der Waals surface area contributed by atoms with Crippen molar-refractivity contribution >= 4 is 33.9 Å². The molecule has 0 spiro atoms. The van der Waals surface area contributed by atoms with Crippen LogP contribution in [0, 0.1) is 17.5 Å². The van der Waals surface area contributed by atoms with Gasteiger partial charge < -0.3 is 0 Å². The molecule has 0 aliphatic rings. The number of hydrogen-bond acceptors (Lipinski definition) is 2. The van der Waals surface area contributed by atoms with Gasteiger partial charge in [-0.1, -0.05) is 0 Å². The van der Waals surface area contributed by atoms with Gasteiger partial charge in [-0.2, -0.15) is 0 Å². The summed E-state index contributed by atoms with van der Waals surface area (Å²) in [5, 5.41) is 1.16. The summed E-state index contributed by atoms with van der Waals surface area (Å²) < 4.78 is 1.14. The molecule has 0 atom stereocenters. The Bertz CT molecular complexity index is 175. The third kappa shape index (κ3) is 1.20. The zero-order valence-electron chi connectivity index (χ0n) is 4.73. The lowest BCUT2D eigenvalue weighted by atomic mass is 10.6. The summed E-state index contributed by atoms with van der Waals surface area (Å²) in [5.41, 5.74) is 0. The summed E-state index contributed by atoms with van der Waals surface area (Å²) in [7, 11) is 0. The molecule has 0 bridgehead atoms. The summed E-state index contributed by atoms with van der Waals surface area (Å²) in [5.74, 6) is 0. The average Bonchev–Trinajstić information content (AvgIpc) is 1.85. The van der Waals surface area contributed by atoms with Gasteiger partial charge in [0.2, 0.25) is 0 Å². The minimum absolute atomic E-state index is 1.14. The molecule has 0 radical (unpaired) electrons. The molecule has 8 heavy (non-hydrogen) atoms. The van der Waals surface area contributed by atoms with Crippen molar-refractivity contribution in [3.05, 3.63) is 13.6 Å². The molecule has 0 saturated heterocycles. The lowest BCUT2D eigenvalue weighted by Crippen LogP contribution is -1.70. The average molecular weight is 239 g/mol. The van der Waals surface area contributed by atoms with E-state index in [-0.39, 0.29) is 0 Å². The maximum atomic E-state index is 4.22. The fourth-order valence-corrected chi connectivity index (χ4v) is 2.07. The number of aryl methyl sites for hydroxylation is 2. The van der Waals surface area contributed by atoms with Crippen LogP contribution in [0.4, 0.5) is 0 Å². The van der Waals surface area contributed by atoms with Crippen LogP contribution >= 0.6 is 33.9 Å². The fourth-order valence-electron chi connectivity index (χ4n) is 0.503. The Morgan fingerprint density at radius 3 is 2.25 bits per heavy atom. The number of hydrogen-bond donors (Lipinski definition) is 0. The van der Waals surface area contributed by atoms with E-state index in [0.29, 0.717) is 0 Å². The highest BCUT2D eigenvalue weighted by Crippen LogP contribution is 2.17. The van der Waals surface area contributed by atoms with Crippen molar-refractivity contribution in [1.82, 2.24) is 4.98 Å².